The first-order valence-electron chi connectivity index (χ1n) is 10.6. The minimum absolute atomic E-state index is 0.169. The van der Waals surface area contributed by atoms with E-state index in [2.05, 4.69) is 21.2 Å². The SMILES string of the molecule is N#Cc1ccc(N2C[C@@H](COc3ccc(NC(=O)CCCBr)cc3)O[C@@H]2C(F)(F)F)cc1C(F)(F)F. The Morgan fingerprint density at radius 1 is 1.17 bits per heavy atom. The smallest absolute Gasteiger partial charge is 0.433 e. The molecule has 0 saturated carbocycles. The molecule has 0 aliphatic carbocycles. The summed E-state index contributed by atoms with van der Waals surface area (Å²) in [5.41, 5.74) is -1.89. The second-order valence-corrected chi connectivity index (χ2v) is 8.61. The van der Waals surface area contributed by atoms with Crippen LogP contribution in [0.4, 0.5) is 37.7 Å². The number of nitriles is 1. The van der Waals surface area contributed by atoms with Gasteiger partial charge in [-0.3, -0.25) is 4.79 Å². The van der Waals surface area contributed by atoms with Gasteiger partial charge in [0.15, 0.2) is 0 Å². The third-order valence-electron chi connectivity index (χ3n) is 5.16. The molecule has 0 unspecified atom stereocenters. The van der Waals surface area contributed by atoms with E-state index in [-0.39, 0.29) is 18.2 Å². The molecular formula is C23H20BrF6N3O3. The highest BCUT2D eigenvalue weighted by Gasteiger charge is 2.51. The van der Waals surface area contributed by atoms with Gasteiger partial charge >= 0.3 is 12.4 Å². The van der Waals surface area contributed by atoms with Crippen molar-refractivity contribution < 1.29 is 40.6 Å². The maximum atomic E-state index is 13.6. The fourth-order valence-corrected chi connectivity index (χ4v) is 3.80. The number of carbonyl (C=O) groups is 1. The van der Waals surface area contributed by atoms with E-state index >= 15 is 0 Å². The largest absolute Gasteiger partial charge is 0.491 e. The van der Waals surface area contributed by atoms with Crippen LogP contribution < -0.4 is 15.0 Å². The van der Waals surface area contributed by atoms with Crippen LogP contribution >= 0.6 is 15.9 Å². The number of hydrogen-bond acceptors (Lipinski definition) is 5. The summed E-state index contributed by atoms with van der Waals surface area (Å²) in [5, 5.41) is 12.3. The number of hydrogen-bond donors (Lipinski definition) is 1. The normalized spacial score (nSPS) is 18.1. The number of halogens is 7. The molecule has 1 amide bonds. The Hall–Kier alpha value is -2.98. The van der Waals surface area contributed by atoms with E-state index in [0.29, 0.717) is 40.6 Å². The molecule has 1 aliphatic heterocycles. The van der Waals surface area contributed by atoms with Gasteiger partial charge in [0.25, 0.3) is 0 Å². The molecule has 1 heterocycles. The van der Waals surface area contributed by atoms with E-state index in [0.717, 1.165) is 12.1 Å². The van der Waals surface area contributed by atoms with E-state index in [1.54, 1.807) is 12.1 Å². The number of nitrogens with zero attached hydrogens (tertiary/aromatic N) is 2. The van der Waals surface area contributed by atoms with Gasteiger partial charge in [0.2, 0.25) is 12.1 Å². The molecule has 13 heteroatoms. The molecule has 0 bridgehead atoms. The summed E-state index contributed by atoms with van der Waals surface area (Å²) in [4.78, 5) is 12.4. The maximum Gasteiger partial charge on any atom is 0.433 e. The molecule has 2 atom stereocenters. The lowest BCUT2D eigenvalue weighted by molar-refractivity contribution is -0.215. The zero-order chi connectivity index (χ0) is 26.5. The first kappa shape index (κ1) is 27.6. The molecular weight excluding hydrogens is 560 g/mol. The van der Waals surface area contributed by atoms with Crippen molar-refractivity contribution in [3.63, 3.8) is 0 Å². The molecule has 0 radical (unpaired) electrons. The molecule has 1 N–H and O–H groups in total. The lowest BCUT2D eigenvalue weighted by atomic mass is 10.1. The van der Waals surface area contributed by atoms with E-state index in [9.17, 15) is 31.1 Å². The van der Waals surface area contributed by atoms with Crippen LogP contribution in [-0.2, 0) is 15.7 Å². The van der Waals surface area contributed by atoms with Crippen LogP contribution in [-0.4, -0.2) is 42.9 Å². The minimum atomic E-state index is -4.92. The van der Waals surface area contributed by atoms with Crippen LogP contribution in [0.2, 0.25) is 0 Å². The van der Waals surface area contributed by atoms with Gasteiger partial charge in [0.05, 0.1) is 23.7 Å². The zero-order valence-electron chi connectivity index (χ0n) is 18.5. The lowest BCUT2D eigenvalue weighted by Gasteiger charge is -2.27. The first-order valence-corrected chi connectivity index (χ1v) is 11.7. The number of rotatable bonds is 8. The fraction of sp³-hybridized carbons (Fsp3) is 0.391. The van der Waals surface area contributed by atoms with Gasteiger partial charge in [-0.25, -0.2) is 0 Å². The summed E-state index contributed by atoms with van der Waals surface area (Å²) in [6.07, 6.45) is -12.4. The number of ether oxygens (including phenoxy) is 2. The van der Waals surface area contributed by atoms with Crippen LogP contribution in [0, 0.1) is 11.3 Å². The summed E-state index contributed by atoms with van der Waals surface area (Å²) in [6, 6.07) is 9.92. The topological polar surface area (TPSA) is 74.6 Å². The standard InChI is InChI=1S/C23H20BrF6N3O3/c24-9-1-2-20(34)32-15-4-7-17(8-5-15)35-13-18-12-33(21(36-18)23(28,29)30)16-6-3-14(11-31)19(10-16)22(25,26)27/h3-8,10,18,21H,1-2,9,12-13H2,(H,32,34)/t18-,21+/m0/s1. The monoisotopic (exact) mass is 579 g/mol. The number of anilines is 2. The quantitative estimate of drug-likeness (QED) is 0.313. The number of carbonyl (C=O) groups excluding carboxylic acids is 1. The van der Waals surface area contributed by atoms with E-state index in [4.69, 9.17) is 14.7 Å². The molecule has 1 fully saturated rings. The van der Waals surface area contributed by atoms with E-state index in [1.165, 1.54) is 18.2 Å². The Morgan fingerprint density at radius 2 is 1.86 bits per heavy atom. The van der Waals surface area contributed by atoms with Crippen LogP contribution in [0.1, 0.15) is 24.0 Å². The highest BCUT2D eigenvalue weighted by atomic mass is 79.9. The molecule has 1 aliphatic rings. The predicted octanol–water partition coefficient (Wildman–Crippen LogP) is 5.86. The van der Waals surface area contributed by atoms with Gasteiger partial charge in [-0.2, -0.15) is 31.6 Å². The molecule has 36 heavy (non-hydrogen) atoms. The molecule has 2 aromatic carbocycles. The van der Waals surface area contributed by atoms with Crippen LogP contribution in [0.3, 0.4) is 0 Å². The number of nitrogens with one attached hydrogen (secondary N) is 1. The van der Waals surface area contributed by atoms with Crippen LogP contribution in [0.15, 0.2) is 42.5 Å². The Labute approximate surface area is 210 Å². The minimum Gasteiger partial charge on any atom is -0.491 e. The molecule has 2 aromatic rings. The van der Waals surface area contributed by atoms with Gasteiger partial charge < -0.3 is 19.7 Å². The second-order valence-electron chi connectivity index (χ2n) is 7.82. The van der Waals surface area contributed by atoms with Crippen molar-refractivity contribution in [2.24, 2.45) is 0 Å². The zero-order valence-corrected chi connectivity index (χ0v) is 20.1. The summed E-state index contributed by atoms with van der Waals surface area (Å²) in [6.45, 7) is -0.697. The fourth-order valence-electron chi connectivity index (χ4n) is 3.52. The van der Waals surface area contributed by atoms with E-state index in [1.807, 2.05) is 0 Å². The van der Waals surface area contributed by atoms with Crippen LogP contribution in [0.5, 0.6) is 5.75 Å². The molecule has 6 nitrogen and oxygen atoms in total. The average Bonchev–Trinajstić information content (AvgIpc) is 3.26. The summed E-state index contributed by atoms with van der Waals surface area (Å²) in [7, 11) is 0. The lowest BCUT2D eigenvalue weighted by Crippen LogP contribution is -2.42. The van der Waals surface area contributed by atoms with Crippen molar-refractivity contribution in [2.75, 3.05) is 28.7 Å². The van der Waals surface area contributed by atoms with Crippen molar-refractivity contribution in [3.05, 3.63) is 53.6 Å². The third-order valence-corrected chi connectivity index (χ3v) is 5.72. The second kappa shape index (κ2) is 11.4. The molecule has 0 aromatic heterocycles. The number of alkyl halides is 7. The van der Waals surface area contributed by atoms with Crippen molar-refractivity contribution in [1.29, 1.82) is 5.26 Å². The van der Waals surface area contributed by atoms with Gasteiger partial charge in [-0.1, -0.05) is 15.9 Å². The molecule has 1 saturated heterocycles. The Bertz CT molecular complexity index is 1100. The van der Waals surface area contributed by atoms with Gasteiger partial charge in [0, 0.05) is 23.1 Å². The van der Waals surface area contributed by atoms with Gasteiger partial charge in [0.1, 0.15) is 18.5 Å². The Morgan fingerprint density at radius 3 is 2.44 bits per heavy atom. The first-order chi connectivity index (χ1) is 16.9. The average molecular weight is 580 g/mol. The van der Waals surface area contributed by atoms with Crippen molar-refractivity contribution in [2.45, 2.75) is 37.5 Å². The van der Waals surface area contributed by atoms with Crippen molar-refractivity contribution in [3.8, 4) is 11.8 Å². The van der Waals surface area contributed by atoms with Crippen molar-refractivity contribution in [1.82, 2.24) is 0 Å². The third kappa shape index (κ3) is 7.04. The number of benzene rings is 2. The summed E-state index contributed by atoms with van der Waals surface area (Å²) < 4.78 is 91.4. The van der Waals surface area contributed by atoms with Gasteiger partial charge in [-0.05, 0) is 48.9 Å². The Balaban J connectivity index is 1.69. The molecule has 0 spiro atoms. The highest BCUT2D eigenvalue weighted by molar-refractivity contribution is 9.09. The summed E-state index contributed by atoms with van der Waals surface area (Å²) >= 11 is 3.24. The summed E-state index contributed by atoms with van der Waals surface area (Å²) in [5.74, 6) is 0.133. The van der Waals surface area contributed by atoms with E-state index < -0.39 is 42.4 Å². The van der Waals surface area contributed by atoms with Crippen LogP contribution in [0.25, 0.3) is 0 Å². The van der Waals surface area contributed by atoms with Crippen molar-refractivity contribution >= 4 is 33.2 Å². The Kier molecular flexibility index (Phi) is 8.73. The molecule has 3 rings (SSSR count). The predicted molar refractivity (Wildman–Crippen MR) is 122 cm³/mol. The number of amides is 1. The van der Waals surface area contributed by atoms with Gasteiger partial charge in [-0.15, -0.1) is 0 Å². The molecule has 194 valence electrons. The maximum absolute atomic E-state index is 13.6. The highest BCUT2D eigenvalue weighted by Crippen LogP contribution is 2.39.